The molecule has 1 aromatic heterocycles. The van der Waals surface area contributed by atoms with Gasteiger partial charge in [-0.25, -0.2) is 0 Å². The lowest BCUT2D eigenvalue weighted by molar-refractivity contribution is -0.136. The number of anilines is 1. The van der Waals surface area contributed by atoms with Crippen LogP contribution in [0.4, 0.5) is 5.69 Å². The number of hydrogen-bond acceptors (Lipinski definition) is 5. The van der Waals surface area contributed by atoms with Gasteiger partial charge in [-0.2, -0.15) is 0 Å². The lowest BCUT2D eigenvalue weighted by Gasteiger charge is -2.34. The fourth-order valence-electron chi connectivity index (χ4n) is 3.28. The third kappa shape index (κ3) is 5.38. The molecule has 1 fully saturated rings. The maximum Gasteiger partial charge on any atom is 0.313 e. The molecule has 2 aromatic rings. The van der Waals surface area contributed by atoms with Gasteiger partial charge in [-0.3, -0.25) is 14.5 Å². The van der Waals surface area contributed by atoms with Crippen LogP contribution in [0.3, 0.4) is 0 Å². The SMILES string of the molecule is Cc1cc(C)cc(NC(=O)C(=O)NCC(c2cccs2)N2CCOCC2)c1. The van der Waals surface area contributed by atoms with Crippen molar-refractivity contribution in [1.29, 1.82) is 0 Å². The van der Waals surface area contributed by atoms with Crippen molar-refractivity contribution in [2.75, 3.05) is 38.2 Å². The molecule has 0 bridgehead atoms. The Morgan fingerprint density at radius 2 is 1.85 bits per heavy atom. The predicted octanol–water partition coefficient (Wildman–Crippen LogP) is 2.49. The Balaban J connectivity index is 1.60. The van der Waals surface area contributed by atoms with Gasteiger partial charge in [-0.05, 0) is 48.6 Å². The molecule has 6 nitrogen and oxygen atoms in total. The first-order chi connectivity index (χ1) is 13.0. The van der Waals surface area contributed by atoms with E-state index in [0.717, 1.165) is 24.2 Å². The summed E-state index contributed by atoms with van der Waals surface area (Å²) >= 11 is 1.66. The summed E-state index contributed by atoms with van der Waals surface area (Å²) in [7, 11) is 0. The van der Waals surface area contributed by atoms with Crippen LogP contribution in [0.15, 0.2) is 35.7 Å². The zero-order chi connectivity index (χ0) is 19.2. The quantitative estimate of drug-likeness (QED) is 0.774. The van der Waals surface area contributed by atoms with E-state index in [1.54, 1.807) is 11.3 Å². The van der Waals surface area contributed by atoms with Crippen molar-refractivity contribution >= 4 is 28.8 Å². The first-order valence-electron chi connectivity index (χ1n) is 9.05. The van der Waals surface area contributed by atoms with Crippen LogP contribution in [0.2, 0.25) is 0 Å². The average molecular weight is 388 g/mol. The number of ether oxygens (including phenoxy) is 1. The van der Waals surface area contributed by atoms with Crippen LogP contribution in [0.1, 0.15) is 22.0 Å². The van der Waals surface area contributed by atoms with E-state index < -0.39 is 11.8 Å². The van der Waals surface area contributed by atoms with E-state index in [2.05, 4.69) is 21.6 Å². The molecule has 1 saturated heterocycles. The number of carbonyl (C=O) groups excluding carboxylic acids is 2. The summed E-state index contributed by atoms with van der Waals surface area (Å²) in [5.41, 5.74) is 2.71. The van der Waals surface area contributed by atoms with Gasteiger partial charge >= 0.3 is 11.8 Å². The number of rotatable bonds is 5. The van der Waals surface area contributed by atoms with Crippen LogP contribution >= 0.6 is 11.3 Å². The third-order valence-corrected chi connectivity index (χ3v) is 5.47. The number of morpholine rings is 1. The van der Waals surface area contributed by atoms with Crippen molar-refractivity contribution in [2.24, 2.45) is 0 Å². The second kappa shape index (κ2) is 9.12. The van der Waals surface area contributed by atoms with Crippen LogP contribution in [0.5, 0.6) is 0 Å². The van der Waals surface area contributed by atoms with Gasteiger partial charge in [-0.1, -0.05) is 12.1 Å². The molecule has 0 saturated carbocycles. The Bertz CT molecular complexity index is 766. The van der Waals surface area contributed by atoms with Crippen molar-refractivity contribution < 1.29 is 14.3 Å². The van der Waals surface area contributed by atoms with Crippen molar-refractivity contribution in [3.63, 3.8) is 0 Å². The molecule has 1 aliphatic heterocycles. The minimum absolute atomic E-state index is 0.0480. The van der Waals surface area contributed by atoms with Crippen LogP contribution in [-0.4, -0.2) is 49.6 Å². The number of aryl methyl sites for hydroxylation is 2. The maximum atomic E-state index is 12.3. The minimum Gasteiger partial charge on any atom is -0.379 e. The average Bonchev–Trinajstić information content (AvgIpc) is 3.16. The van der Waals surface area contributed by atoms with Crippen LogP contribution in [0, 0.1) is 13.8 Å². The van der Waals surface area contributed by atoms with E-state index in [1.807, 2.05) is 43.5 Å². The van der Waals surface area contributed by atoms with Gasteiger partial charge < -0.3 is 15.4 Å². The first kappa shape index (κ1) is 19.5. The summed E-state index contributed by atoms with van der Waals surface area (Å²) in [4.78, 5) is 28.0. The highest BCUT2D eigenvalue weighted by atomic mass is 32.1. The smallest absolute Gasteiger partial charge is 0.313 e. The largest absolute Gasteiger partial charge is 0.379 e. The molecule has 1 atom stereocenters. The highest BCUT2D eigenvalue weighted by molar-refractivity contribution is 7.10. The summed E-state index contributed by atoms with van der Waals surface area (Å²) in [5.74, 6) is -1.27. The molecule has 1 unspecified atom stereocenters. The molecule has 2 amide bonds. The van der Waals surface area contributed by atoms with Gasteiger partial charge in [0, 0.05) is 30.2 Å². The zero-order valence-corrected chi connectivity index (χ0v) is 16.5. The number of carbonyl (C=O) groups is 2. The van der Waals surface area contributed by atoms with Gasteiger partial charge in [0.2, 0.25) is 0 Å². The predicted molar refractivity (Wildman–Crippen MR) is 107 cm³/mol. The van der Waals surface area contributed by atoms with Crippen LogP contribution < -0.4 is 10.6 Å². The van der Waals surface area contributed by atoms with Crippen molar-refractivity contribution in [1.82, 2.24) is 10.2 Å². The molecular weight excluding hydrogens is 362 g/mol. The van der Waals surface area contributed by atoms with E-state index >= 15 is 0 Å². The topological polar surface area (TPSA) is 70.7 Å². The molecule has 1 aliphatic rings. The normalized spacial score (nSPS) is 15.9. The van der Waals surface area contributed by atoms with Crippen molar-refractivity contribution in [3.05, 3.63) is 51.7 Å². The first-order valence-corrected chi connectivity index (χ1v) is 9.93. The van der Waals surface area contributed by atoms with Gasteiger partial charge in [0.15, 0.2) is 0 Å². The molecule has 0 aliphatic carbocycles. The van der Waals surface area contributed by atoms with Crippen LogP contribution in [0.25, 0.3) is 0 Å². The Labute approximate surface area is 163 Å². The van der Waals surface area contributed by atoms with E-state index in [1.165, 1.54) is 4.88 Å². The number of nitrogens with one attached hydrogen (secondary N) is 2. The standard InChI is InChI=1S/C20H25N3O3S/c1-14-10-15(2)12-16(11-14)22-20(25)19(24)21-13-17(18-4-3-9-27-18)23-5-7-26-8-6-23/h3-4,9-12,17H,5-8,13H2,1-2H3,(H,21,24)(H,22,25). The lowest BCUT2D eigenvalue weighted by Crippen LogP contribution is -2.45. The number of nitrogens with zero attached hydrogens (tertiary/aromatic N) is 1. The minimum atomic E-state index is -0.646. The maximum absolute atomic E-state index is 12.3. The molecule has 2 heterocycles. The van der Waals surface area contributed by atoms with Gasteiger partial charge in [0.25, 0.3) is 0 Å². The second-order valence-corrected chi connectivity index (χ2v) is 7.70. The van der Waals surface area contributed by atoms with E-state index in [-0.39, 0.29) is 6.04 Å². The molecule has 144 valence electrons. The van der Waals surface area contributed by atoms with E-state index in [0.29, 0.717) is 25.4 Å². The molecule has 1 aromatic carbocycles. The molecular formula is C20H25N3O3S. The molecule has 0 spiro atoms. The third-order valence-electron chi connectivity index (χ3n) is 4.50. The van der Waals surface area contributed by atoms with Crippen molar-refractivity contribution in [2.45, 2.75) is 19.9 Å². The Morgan fingerprint density at radius 3 is 2.48 bits per heavy atom. The van der Waals surface area contributed by atoms with Gasteiger partial charge in [0.05, 0.1) is 19.3 Å². The molecule has 27 heavy (non-hydrogen) atoms. The van der Waals surface area contributed by atoms with E-state index in [4.69, 9.17) is 4.74 Å². The Kier molecular flexibility index (Phi) is 6.60. The van der Waals surface area contributed by atoms with E-state index in [9.17, 15) is 9.59 Å². The summed E-state index contributed by atoms with van der Waals surface area (Å²) in [5, 5.41) is 7.50. The van der Waals surface area contributed by atoms with Crippen molar-refractivity contribution in [3.8, 4) is 0 Å². The zero-order valence-electron chi connectivity index (χ0n) is 15.7. The molecule has 7 heteroatoms. The Hall–Kier alpha value is -2.22. The number of benzene rings is 1. The molecule has 0 radical (unpaired) electrons. The fourth-order valence-corrected chi connectivity index (χ4v) is 4.14. The highest BCUT2D eigenvalue weighted by Crippen LogP contribution is 2.25. The monoisotopic (exact) mass is 387 g/mol. The van der Waals surface area contributed by atoms with Gasteiger partial charge in [-0.15, -0.1) is 11.3 Å². The summed E-state index contributed by atoms with van der Waals surface area (Å²) in [6.07, 6.45) is 0. The summed E-state index contributed by atoms with van der Waals surface area (Å²) in [6.45, 7) is 7.29. The molecule has 2 N–H and O–H groups in total. The number of hydrogen-bond donors (Lipinski definition) is 2. The lowest BCUT2D eigenvalue weighted by atomic mass is 10.1. The number of amides is 2. The fraction of sp³-hybridized carbons (Fsp3) is 0.400. The molecule has 3 rings (SSSR count). The van der Waals surface area contributed by atoms with Crippen LogP contribution in [-0.2, 0) is 14.3 Å². The number of thiophene rings is 1. The van der Waals surface area contributed by atoms with Gasteiger partial charge in [0.1, 0.15) is 0 Å². The summed E-state index contributed by atoms with van der Waals surface area (Å²) < 4.78 is 5.43. The highest BCUT2D eigenvalue weighted by Gasteiger charge is 2.25. The Morgan fingerprint density at radius 1 is 1.15 bits per heavy atom. The second-order valence-electron chi connectivity index (χ2n) is 6.72. The summed E-state index contributed by atoms with van der Waals surface area (Å²) in [6, 6.07) is 9.82.